The van der Waals surface area contributed by atoms with Crippen LogP contribution in [0.2, 0.25) is 5.02 Å². The normalized spacial score (nSPS) is 11.2. The molecule has 0 saturated heterocycles. The van der Waals surface area contributed by atoms with Gasteiger partial charge in [-0.1, -0.05) is 23.7 Å². The molecule has 0 fully saturated rings. The van der Waals surface area contributed by atoms with Crippen LogP contribution >= 0.6 is 11.6 Å². The van der Waals surface area contributed by atoms with Gasteiger partial charge in [-0.2, -0.15) is 0 Å². The fourth-order valence-electron chi connectivity index (χ4n) is 2.23. The van der Waals surface area contributed by atoms with Gasteiger partial charge in [0.2, 0.25) is 0 Å². The van der Waals surface area contributed by atoms with E-state index in [9.17, 15) is 17.2 Å². The van der Waals surface area contributed by atoms with Crippen molar-refractivity contribution in [3.63, 3.8) is 0 Å². The van der Waals surface area contributed by atoms with E-state index in [0.29, 0.717) is 16.4 Å². The Kier molecular flexibility index (Phi) is 5.11. The van der Waals surface area contributed by atoms with Gasteiger partial charge in [-0.15, -0.1) is 0 Å². The van der Waals surface area contributed by atoms with Gasteiger partial charge in [0, 0.05) is 16.4 Å². The first-order valence-corrected chi connectivity index (χ1v) is 9.31. The SMILES string of the molecule is O=S(=O)(Nc1ccc(Nc2c(F)cccc2F)cc1)c1cccc(Cl)c1. The van der Waals surface area contributed by atoms with Crippen molar-refractivity contribution >= 4 is 38.7 Å². The lowest BCUT2D eigenvalue weighted by Crippen LogP contribution is -2.12. The second kappa shape index (κ2) is 7.31. The molecule has 0 heterocycles. The van der Waals surface area contributed by atoms with Gasteiger partial charge in [-0.3, -0.25) is 4.72 Å². The average molecular weight is 395 g/mol. The lowest BCUT2D eigenvalue weighted by molar-refractivity contribution is 0.590. The molecule has 2 N–H and O–H groups in total. The van der Waals surface area contributed by atoms with Crippen LogP contribution in [0.5, 0.6) is 0 Å². The summed E-state index contributed by atoms with van der Waals surface area (Å²) in [6.45, 7) is 0. The number of sulfonamides is 1. The fourth-order valence-corrected chi connectivity index (χ4v) is 3.59. The maximum atomic E-state index is 13.7. The molecule has 26 heavy (non-hydrogen) atoms. The number of halogens is 3. The topological polar surface area (TPSA) is 58.2 Å². The zero-order chi connectivity index (χ0) is 18.7. The molecule has 0 aliphatic carbocycles. The molecule has 0 bridgehead atoms. The van der Waals surface area contributed by atoms with Crippen molar-refractivity contribution in [3.8, 4) is 0 Å². The predicted molar refractivity (Wildman–Crippen MR) is 98.3 cm³/mol. The monoisotopic (exact) mass is 394 g/mol. The van der Waals surface area contributed by atoms with Crippen molar-refractivity contribution in [2.24, 2.45) is 0 Å². The summed E-state index contributed by atoms with van der Waals surface area (Å²) in [5, 5.41) is 2.93. The third kappa shape index (κ3) is 4.12. The smallest absolute Gasteiger partial charge is 0.261 e. The summed E-state index contributed by atoms with van der Waals surface area (Å²) >= 11 is 5.82. The molecule has 0 aliphatic rings. The van der Waals surface area contributed by atoms with E-state index in [2.05, 4.69) is 10.0 Å². The average Bonchev–Trinajstić information content (AvgIpc) is 2.59. The van der Waals surface area contributed by atoms with Gasteiger partial charge >= 0.3 is 0 Å². The molecule has 0 atom stereocenters. The first-order valence-electron chi connectivity index (χ1n) is 7.45. The number of benzene rings is 3. The standard InChI is InChI=1S/C18H13ClF2N2O2S/c19-12-3-1-4-15(11-12)26(24,25)23-14-9-7-13(8-10-14)22-18-16(20)5-2-6-17(18)21/h1-11,22-23H. The Bertz CT molecular complexity index is 1020. The number of nitrogens with one attached hydrogen (secondary N) is 2. The lowest BCUT2D eigenvalue weighted by atomic mass is 10.2. The van der Waals surface area contributed by atoms with Crippen LogP contribution in [0.1, 0.15) is 0 Å². The second-order valence-electron chi connectivity index (χ2n) is 5.36. The Morgan fingerprint density at radius 3 is 2.00 bits per heavy atom. The van der Waals surface area contributed by atoms with E-state index in [4.69, 9.17) is 11.6 Å². The molecular formula is C18H13ClF2N2O2S. The highest BCUT2D eigenvalue weighted by Crippen LogP contribution is 2.25. The van der Waals surface area contributed by atoms with Crippen LogP contribution in [0.15, 0.2) is 71.6 Å². The van der Waals surface area contributed by atoms with Crippen molar-refractivity contribution in [3.05, 3.63) is 83.4 Å². The molecule has 0 spiro atoms. The maximum Gasteiger partial charge on any atom is 0.261 e. The van der Waals surface area contributed by atoms with Crippen LogP contribution in [0.25, 0.3) is 0 Å². The van der Waals surface area contributed by atoms with E-state index in [-0.39, 0.29) is 10.6 Å². The van der Waals surface area contributed by atoms with Crippen molar-refractivity contribution in [2.75, 3.05) is 10.0 Å². The molecule has 3 rings (SSSR count). The lowest BCUT2D eigenvalue weighted by Gasteiger charge is -2.11. The highest BCUT2D eigenvalue weighted by molar-refractivity contribution is 7.92. The Morgan fingerprint density at radius 2 is 1.38 bits per heavy atom. The largest absolute Gasteiger partial charge is 0.351 e. The summed E-state index contributed by atoms with van der Waals surface area (Å²) in [5.41, 5.74) is 0.420. The molecule has 0 amide bonds. The minimum absolute atomic E-state index is 0.0284. The molecule has 0 aromatic heterocycles. The molecule has 0 saturated carbocycles. The van der Waals surface area contributed by atoms with Crippen molar-refractivity contribution in [1.29, 1.82) is 0 Å². The minimum Gasteiger partial charge on any atom is -0.351 e. The van der Waals surface area contributed by atoms with Gasteiger partial charge in [0.1, 0.15) is 17.3 Å². The van der Waals surface area contributed by atoms with Gasteiger partial charge in [-0.05, 0) is 54.6 Å². The van der Waals surface area contributed by atoms with E-state index >= 15 is 0 Å². The first-order chi connectivity index (χ1) is 12.3. The van der Waals surface area contributed by atoms with Crippen molar-refractivity contribution < 1.29 is 17.2 Å². The summed E-state index contributed by atoms with van der Waals surface area (Å²) in [7, 11) is -3.80. The minimum atomic E-state index is -3.80. The van der Waals surface area contributed by atoms with E-state index in [0.717, 1.165) is 12.1 Å². The zero-order valence-electron chi connectivity index (χ0n) is 13.2. The summed E-state index contributed by atoms with van der Waals surface area (Å²) in [6, 6.07) is 15.4. The van der Waals surface area contributed by atoms with Crippen molar-refractivity contribution in [1.82, 2.24) is 0 Å². The van der Waals surface area contributed by atoms with Crippen LogP contribution in [-0.4, -0.2) is 8.42 Å². The molecule has 3 aromatic rings. The molecule has 0 unspecified atom stereocenters. The van der Waals surface area contributed by atoms with Gasteiger partial charge in [0.15, 0.2) is 0 Å². The first kappa shape index (κ1) is 18.2. The van der Waals surface area contributed by atoms with Gasteiger partial charge in [0.05, 0.1) is 4.90 Å². The van der Waals surface area contributed by atoms with Crippen LogP contribution in [0, 0.1) is 11.6 Å². The highest BCUT2D eigenvalue weighted by Gasteiger charge is 2.14. The molecule has 8 heteroatoms. The number of hydrogen-bond acceptors (Lipinski definition) is 3. The molecule has 0 radical (unpaired) electrons. The third-order valence-corrected chi connectivity index (χ3v) is 5.09. The van der Waals surface area contributed by atoms with Crippen LogP contribution < -0.4 is 10.0 Å². The number of rotatable bonds is 5. The number of anilines is 3. The third-order valence-electron chi connectivity index (χ3n) is 3.48. The van der Waals surface area contributed by atoms with E-state index in [1.807, 2.05) is 0 Å². The van der Waals surface area contributed by atoms with Crippen LogP contribution in [0.3, 0.4) is 0 Å². The summed E-state index contributed by atoms with van der Waals surface area (Å²) in [6.07, 6.45) is 0. The second-order valence-corrected chi connectivity index (χ2v) is 7.48. The van der Waals surface area contributed by atoms with Crippen LogP contribution in [0.4, 0.5) is 25.8 Å². The molecule has 0 aliphatic heterocycles. The maximum absolute atomic E-state index is 13.7. The van der Waals surface area contributed by atoms with Gasteiger partial charge in [-0.25, -0.2) is 17.2 Å². The Morgan fingerprint density at radius 1 is 0.808 bits per heavy atom. The predicted octanol–water partition coefficient (Wildman–Crippen LogP) is 5.16. The van der Waals surface area contributed by atoms with Gasteiger partial charge < -0.3 is 5.32 Å². The van der Waals surface area contributed by atoms with E-state index in [1.54, 1.807) is 6.07 Å². The molecular weight excluding hydrogens is 382 g/mol. The number of hydrogen-bond donors (Lipinski definition) is 2. The molecule has 4 nitrogen and oxygen atoms in total. The fraction of sp³-hybridized carbons (Fsp3) is 0. The van der Waals surface area contributed by atoms with Crippen LogP contribution in [-0.2, 0) is 10.0 Å². The Labute approximate surface area is 154 Å². The summed E-state index contributed by atoms with van der Waals surface area (Å²) in [5.74, 6) is -1.45. The Balaban J connectivity index is 1.78. The highest BCUT2D eigenvalue weighted by atomic mass is 35.5. The molecule has 134 valence electrons. The van der Waals surface area contributed by atoms with Gasteiger partial charge in [0.25, 0.3) is 10.0 Å². The van der Waals surface area contributed by atoms with E-state index in [1.165, 1.54) is 48.5 Å². The summed E-state index contributed by atoms with van der Waals surface area (Å²) in [4.78, 5) is 0.0284. The number of para-hydroxylation sites is 1. The van der Waals surface area contributed by atoms with Crippen molar-refractivity contribution in [2.45, 2.75) is 4.90 Å². The Hall–Kier alpha value is -2.64. The molecule has 3 aromatic carbocycles. The van der Waals surface area contributed by atoms with E-state index < -0.39 is 21.7 Å². The summed E-state index contributed by atoms with van der Waals surface area (Å²) < 4.78 is 54.4. The zero-order valence-corrected chi connectivity index (χ0v) is 14.8. The quantitative estimate of drug-likeness (QED) is 0.628.